The number of hydrogen-bond acceptors (Lipinski definition) is 1. The molecule has 0 aliphatic carbocycles. The molecule has 2 heteroatoms. The van der Waals surface area contributed by atoms with Crippen LogP contribution in [0.3, 0.4) is 0 Å². The molecule has 0 aliphatic rings. The molecular weight excluding hydrogens is 254 g/mol. The molecule has 2 aromatic carbocycles. The van der Waals surface area contributed by atoms with Gasteiger partial charge in [0.15, 0.2) is 0 Å². The number of hydrogen-bond donors (Lipinski definition) is 1. The van der Waals surface area contributed by atoms with Gasteiger partial charge in [-0.2, -0.15) is 0 Å². The summed E-state index contributed by atoms with van der Waals surface area (Å²) in [6.07, 6.45) is 2.96. The molecule has 2 aromatic rings. The molecule has 0 heterocycles. The van der Waals surface area contributed by atoms with Crippen LogP contribution in [-0.4, -0.2) is 0 Å². The molecule has 1 unspecified atom stereocenters. The van der Waals surface area contributed by atoms with Crippen molar-refractivity contribution in [1.82, 2.24) is 0 Å². The van der Waals surface area contributed by atoms with Gasteiger partial charge >= 0.3 is 0 Å². The van der Waals surface area contributed by atoms with Gasteiger partial charge in [-0.1, -0.05) is 54.9 Å². The summed E-state index contributed by atoms with van der Waals surface area (Å²) in [5, 5.41) is 0.790. The summed E-state index contributed by atoms with van der Waals surface area (Å²) in [5.41, 5.74) is 10.0. The van der Waals surface area contributed by atoms with Gasteiger partial charge in [0.05, 0.1) is 0 Å². The number of nitrogens with two attached hydrogens (primary N) is 1. The van der Waals surface area contributed by atoms with Crippen molar-refractivity contribution >= 4 is 11.6 Å². The summed E-state index contributed by atoms with van der Waals surface area (Å²) in [5.74, 6) is 0. The summed E-state index contributed by atoms with van der Waals surface area (Å²) in [7, 11) is 0. The first kappa shape index (κ1) is 14.1. The van der Waals surface area contributed by atoms with Crippen LogP contribution in [0.4, 0.5) is 0 Å². The second-order valence-electron chi connectivity index (χ2n) is 4.87. The van der Waals surface area contributed by atoms with Gasteiger partial charge in [-0.05, 0) is 48.1 Å². The molecule has 100 valence electrons. The van der Waals surface area contributed by atoms with Crippen molar-refractivity contribution in [2.24, 2.45) is 5.73 Å². The van der Waals surface area contributed by atoms with E-state index in [1.165, 1.54) is 16.7 Å². The van der Waals surface area contributed by atoms with Crippen molar-refractivity contribution in [3.05, 3.63) is 70.2 Å². The smallest absolute Gasteiger partial charge is 0.0408 e. The maximum Gasteiger partial charge on any atom is 0.0408 e. The average molecular weight is 274 g/mol. The van der Waals surface area contributed by atoms with E-state index in [1.807, 2.05) is 18.2 Å². The van der Waals surface area contributed by atoms with Crippen molar-refractivity contribution in [3.63, 3.8) is 0 Å². The standard InChI is InChI=1S/C17H20ClN/c1-2-13-6-9-15(10-7-13)17(19)11-8-14-4-3-5-16(18)12-14/h3-7,9-10,12,17H,2,8,11,19H2,1H3. The second kappa shape index (κ2) is 6.74. The molecule has 2 N–H and O–H groups in total. The Labute approximate surface area is 120 Å². The Morgan fingerprint density at radius 2 is 1.79 bits per heavy atom. The van der Waals surface area contributed by atoms with Gasteiger partial charge in [0, 0.05) is 11.1 Å². The van der Waals surface area contributed by atoms with E-state index in [0.29, 0.717) is 0 Å². The van der Waals surface area contributed by atoms with Crippen molar-refractivity contribution < 1.29 is 0 Å². The lowest BCUT2D eigenvalue weighted by molar-refractivity contribution is 0.651. The zero-order chi connectivity index (χ0) is 13.7. The SMILES string of the molecule is CCc1ccc(C(N)CCc2cccc(Cl)c2)cc1. The molecule has 19 heavy (non-hydrogen) atoms. The van der Waals surface area contributed by atoms with Crippen LogP contribution in [-0.2, 0) is 12.8 Å². The van der Waals surface area contributed by atoms with Crippen molar-refractivity contribution in [3.8, 4) is 0 Å². The number of halogens is 1. The predicted octanol–water partition coefficient (Wildman–Crippen LogP) is 4.54. The predicted molar refractivity (Wildman–Crippen MR) is 82.5 cm³/mol. The van der Waals surface area contributed by atoms with E-state index in [9.17, 15) is 0 Å². The van der Waals surface area contributed by atoms with Crippen LogP contribution in [0.5, 0.6) is 0 Å². The lowest BCUT2D eigenvalue weighted by atomic mass is 9.98. The maximum atomic E-state index is 6.24. The monoisotopic (exact) mass is 273 g/mol. The molecule has 0 amide bonds. The van der Waals surface area contributed by atoms with E-state index >= 15 is 0 Å². The summed E-state index contributed by atoms with van der Waals surface area (Å²) < 4.78 is 0. The molecule has 0 aromatic heterocycles. The highest BCUT2D eigenvalue weighted by Crippen LogP contribution is 2.19. The Bertz CT molecular complexity index is 519. The van der Waals surface area contributed by atoms with Crippen molar-refractivity contribution in [2.75, 3.05) is 0 Å². The normalized spacial score (nSPS) is 12.4. The van der Waals surface area contributed by atoms with E-state index < -0.39 is 0 Å². The van der Waals surface area contributed by atoms with Gasteiger partial charge in [0.2, 0.25) is 0 Å². The highest BCUT2D eigenvalue weighted by atomic mass is 35.5. The largest absolute Gasteiger partial charge is 0.324 e. The highest BCUT2D eigenvalue weighted by Gasteiger charge is 2.06. The van der Waals surface area contributed by atoms with Gasteiger partial charge in [-0.15, -0.1) is 0 Å². The topological polar surface area (TPSA) is 26.0 Å². The minimum absolute atomic E-state index is 0.0879. The fraction of sp³-hybridized carbons (Fsp3) is 0.294. The quantitative estimate of drug-likeness (QED) is 0.851. The van der Waals surface area contributed by atoms with Gasteiger partial charge in [0.1, 0.15) is 0 Å². The summed E-state index contributed by atoms with van der Waals surface area (Å²) >= 11 is 5.98. The fourth-order valence-electron chi connectivity index (χ4n) is 2.18. The van der Waals surface area contributed by atoms with Crippen LogP contribution < -0.4 is 5.73 Å². The van der Waals surface area contributed by atoms with Crippen molar-refractivity contribution in [2.45, 2.75) is 32.2 Å². The maximum absolute atomic E-state index is 6.24. The Kier molecular flexibility index (Phi) is 5.00. The third-order valence-electron chi connectivity index (χ3n) is 3.45. The van der Waals surface area contributed by atoms with E-state index in [0.717, 1.165) is 24.3 Å². The minimum Gasteiger partial charge on any atom is -0.324 e. The zero-order valence-corrected chi connectivity index (χ0v) is 12.0. The van der Waals surface area contributed by atoms with Gasteiger partial charge in [-0.25, -0.2) is 0 Å². The molecular formula is C17H20ClN. The Morgan fingerprint density at radius 3 is 2.42 bits per heavy atom. The molecule has 0 fully saturated rings. The Morgan fingerprint density at radius 1 is 1.05 bits per heavy atom. The van der Waals surface area contributed by atoms with Crippen LogP contribution in [0, 0.1) is 0 Å². The molecule has 2 rings (SSSR count). The number of rotatable bonds is 5. The second-order valence-corrected chi connectivity index (χ2v) is 5.31. The first-order chi connectivity index (χ1) is 9.19. The molecule has 0 bridgehead atoms. The Balaban J connectivity index is 1.95. The number of benzene rings is 2. The van der Waals surface area contributed by atoms with Crippen LogP contribution in [0.15, 0.2) is 48.5 Å². The van der Waals surface area contributed by atoms with Crippen LogP contribution in [0.1, 0.15) is 36.1 Å². The lowest BCUT2D eigenvalue weighted by Crippen LogP contribution is -2.11. The summed E-state index contributed by atoms with van der Waals surface area (Å²) in [4.78, 5) is 0. The molecule has 1 nitrogen and oxygen atoms in total. The van der Waals surface area contributed by atoms with Crippen molar-refractivity contribution in [1.29, 1.82) is 0 Å². The fourth-order valence-corrected chi connectivity index (χ4v) is 2.39. The van der Waals surface area contributed by atoms with Crippen LogP contribution in [0.25, 0.3) is 0 Å². The van der Waals surface area contributed by atoms with E-state index in [1.54, 1.807) is 0 Å². The molecule has 0 saturated carbocycles. The van der Waals surface area contributed by atoms with Gasteiger partial charge < -0.3 is 5.73 Å². The van der Waals surface area contributed by atoms with Crippen LogP contribution in [0.2, 0.25) is 5.02 Å². The third kappa shape index (κ3) is 4.09. The Hall–Kier alpha value is -1.31. The molecule has 0 saturated heterocycles. The molecule has 0 spiro atoms. The van der Waals surface area contributed by atoms with Gasteiger partial charge in [0.25, 0.3) is 0 Å². The summed E-state index contributed by atoms with van der Waals surface area (Å²) in [6.45, 7) is 2.16. The van der Waals surface area contributed by atoms with E-state index in [2.05, 4.69) is 37.3 Å². The highest BCUT2D eigenvalue weighted by molar-refractivity contribution is 6.30. The van der Waals surface area contributed by atoms with E-state index in [4.69, 9.17) is 17.3 Å². The number of aryl methyl sites for hydroxylation is 2. The lowest BCUT2D eigenvalue weighted by Gasteiger charge is -2.12. The first-order valence-electron chi connectivity index (χ1n) is 6.78. The van der Waals surface area contributed by atoms with E-state index in [-0.39, 0.29) is 6.04 Å². The van der Waals surface area contributed by atoms with Crippen LogP contribution >= 0.6 is 11.6 Å². The molecule has 1 atom stereocenters. The van der Waals surface area contributed by atoms with Gasteiger partial charge in [-0.3, -0.25) is 0 Å². The zero-order valence-electron chi connectivity index (χ0n) is 11.3. The molecule has 0 radical (unpaired) electrons. The first-order valence-corrected chi connectivity index (χ1v) is 7.15. The minimum atomic E-state index is 0.0879. The average Bonchev–Trinajstić information content (AvgIpc) is 2.45. The summed E-state index contributed by atoms with van der Waals surface area (Å²) in [6, 6.07) is 16.7. The molecule has 0 aliphatic heterocycles. The third-order valence-corrected chi connectivity index (χ3v) is 3.68.